The minimum Gasteiger partial charge on any atom is -0.478 e. The van der Waals surface area contributed by atoms with E-state index in [1.165, 1.54) is 0 Å². The summed E-state index contributed by atoms with van der Waals surface area (Å²) in [5, 5.41) is 12.3. The number of carbonyl (C=O) groups is 1. The van der Waals surface area contributed by atoms with Crippen molar-refractivity contribution in [1.82, 2.24) is 4.98 Å². The number of benzene rings is 1. The number of aromatic nitrogens is 1. The molecule has 19 heavy (non-hydrogen) atoms. The number of hydrogen-bond donors (Lipinski definition) is 2. The van der Waals surface area contributed by atoms with Gasteiger partial charge in [0.15, 0.2) is 0 Å². The van der Waals surface area contributed by atoms with E-state index in [0.717, 1.165) is 11.3 Å². The molecule has 0 spiro atoms. The van der Waals surface area contributed by atoms with E-state index in [-0.39, 0.29) is 11.6 Å². The molecule has 0 saturated carbocycles. The van der Waals surface area contributed by atoms with Gasteiger partial charge in [-0.25, -0.2) is 9.78 Å². The number of aryl methyl sites for hydroxylation is 2. The lowest BCUT2D eigenvalue weighted by molar-refractivity contribution is 0.0697. The van der Waals surface area contributed by atoms with Crippen molar-refractivity contribution in [2.45, 2.75) is 26.8 Å². The predicted molar refractivity (Wildman–Crippen MR) is 71.4 cm³/mol. The quantitative estimate of drug-likeness (QED) is 0.883. The van der Waals surface area contributed by atoms with Crippen LogP contribution in [0.2, 0.25) is 0 Å². The zero-order valence-electron chi connectivity index (χ0n) is 11.1. The Bertz CT molecular complexity index is 604. The topological polar surface area (TPSA) is 75.4 Å². The Balaban J connectivity index is 2.26. The second kappa shape index (κ2) is 5.14. The van der Waals surface area contributed by atoms with Gasteiger partial charge in [-0.3, -0.25) is 0 Å². The van der Waals surface area contributed by atoms with Crippen molar-refractivity contribution in [2.24, 2.45) is 0 Å². The minimum absolute atomic E-state index is 0.200. The molecule has 0 aliphatic rings. The molecular weight excluding hydrogens is 244 g/mol. The zero-order valence-corrected chi connectivity index (χ0v) is 11.1. The highest BCUT2D eigenvalue weighted by Crippen LogP contribution is 2.23. The summed E-state index contributed by atoms with van der Waals surface area (Å²) in [5.74, 6) is 0.308. The molecule has 2 N–H and O–H groups in total. The van der Waals surface area contributed by atoms with Gasteiger partial charge in [-0.2, -0.15) is 0 Å². The first-order chi connectivity index (χ1) is 8.97. The molecule has 1 aromatic heterocycles. The molecule has 2 aromatic rings. The van der Waals surface area contributed by atoms with Crippen LogP contribution in [0.3, 0.4) is 0 Å². The van der Waals surface area contributed by atoms with E-state index in [4.69, 9.17) is 4.42 Å². The second-order valence-electron chi connectivity index (χ2n) is 4.53. The first kappa shape index (κ1) is 13.1. The average Bonchev–Trinajstić information content (AvgIpc) is 2.78. The van der Waals surface area contributed by atoms with Crippen molar-refractivity contribution in [2.75, 3.05) is 5.32 Å². The molecule has 0 bridgehead atoms. The van der Waals surface area contributed by atoms with Crippen molar-refractivity contribution >= 4 is 11.7 Å². The summed E-state index contributed by atoms with van der Waals surface area (Å²) in [6.45, 7) is 5.55. The number of rotatable bonds is 4. The average molecular weight is 260 g/mol. The first-order valence-electron chi connectivity index (χ1n) is 6.00. The molecule has 5 nitrogen and oxygen atoms in total. The van der Waals surface area contributed by atoms with Crippen LogP contribution in [0.15, 0.2) is 28.8 Å². The van der Waals surface area contributed by atoms with Crippen molar-refractivity contribution < 1.29 is 14.3 Å². The highest BCUT2D eigenvalue weighted by atomic mass is 16.4. The molecule has 2 rings (SSSR count). The number of hydrogen-bond acceptors (Lipinski definition) is 4. The summed E-state index contributed by atoms with van der Waals surface area (Å²) in [6.07, 6.45) is 1.64. The molecule has 0 saturated heterocycles. The van der Waals surface area contributed by atoms with Gasteiger partial charge in [-0.1, -0.05) is 11.6 Å². The molecular formula is C14H16N2O3. The van der Waals surface area contributed by atoms with Crippen molar-refractivity contribution in [3.05, 3.63) is 47.2 Å². The third-order valence-corrected chi connectivity index (χ3v) is 2.79. The predicted octanol–water partition coefficient (Wildman–Crippen LogP) is 3.16. The van der Waals surface area contributed by atoms with Crippen LogP contribution >= 0.6 is 0 Å². The van der Waals surface area contributed by atoms with Gasteiger partial charge in [-0.05, 0) is 32.9 Å². The second-order valence-corrected chi connectivity index (χ2v) is 4.53. The molecule has 0 amide bonds. The minimum atomic E-state index is -0.956. The van der Waals surface area contributed by atoms with Crippen molar-refractivity contribution in [3.8, 4) is 0 Å². The van der Waals surface area contributed by atoms with Gasteiger partial charge < -0.3 is 14.8 Å². The summed E-state index contributed by atoms with van der Waals surface area (Å²) in [5.41, 5.74) is 1.71. The number of carboxylic acids is 1. The van der Waals surface area contributed by atoms with E-state index in [9.17, 15) is 9.90 Å². The molecule has 0 aliphatic carbocycles. The molecule has 5 heteroatoms. The fraction of sp³-hybridized carbons (Fsp3) is 0.286. The van der Waals surface area contributed by atoms with E-state index < -0.39 is 5.97 Å². The SMILES string of the molecule is Cc1ccc(NC(C)c2ncc(C)o2)c(C(=O)O)c1. The Labute approximate surface area is 111 Å². The third kappa shape index (κ3) is 2.93. The number of nitrogens with one attached hydrogen (secondary N) is 1. The van der Waals surface area contributed by atoms with Crippen LogP contribution in [0.25, 0.3) is 0 Å². The molecule has 0 aliphatic heterocycles. The lowest BCUT2D eigenvalue weighted by Gasteiger charge is -2.14. The number of anilines is 1. The number of nitrogens with zero attached hydrogens (tertiary/aromatic N) is 1. The lowest BCUT2D eigenvalue weighted by Crippen LogP contribution is -2.11. The molecule has 100 valence electrons. The molecule has 1 heterocycles. The monoisotopic (exact) mass is 260 g/mol. The van der Waals surface area contributed by atoms with Gasteiger partial charge >= 0.3 is 5.97 Å². The largest absolute Gasteiger partial charge is 0.478 e. The highest BCUT2D eigenvalue weighted by Gasteiger charge is 2.15. The van der Waals surface area contributed by atoms with Crippen molar-refractivity contribution in [3.63, 3.8) is 0 Å². The van der Waals surface area contributed by atoms with E-state index in [1.54, 1.807) is 18.3 Å². The van der Waals surface area contributed by atoms with Crippen LogP contribution in [-0.4, -0.2) is 16.1 Å². The van der Waals surface area contributed by atoms with E-state index in [1.807, 2.05) is 26.8 Å². The van der Waals surface area contributed by atoms with Crippen molar-refractivity contribution in [1.29, 1.82) is 0 Å². The Kier molecular flexibility index (Phi) is 3.55. The van der Waals surface area contributed by atoms with Crippen LogP contribution in [-0.2, 0) is 0 Å². The van der Waals surface area contributed by atoms with Crippen LogP contribution in [0.5, 0.6) is 0 Å². The molecule has 0 fully saturated rings. The number of carboxylic acid groups (broad SMARTS) is 1. The zero-order chi connectivity index (χ0) is 14.0. The summed E-state index contributed by atoms with van der Waals surface area (Å²) in [4.78, 5) is 15.3. The standard InChI is InChI=1S/C14H16N2O3/c1-8-4-5-12(11(6-8)14(17)18)16-10(3)13-15-7-9(2)19-13/h4-7,10,16H,1-3H3,(H,17,18). The maximum atomic E-state index is 11.2. The van der Waals surface area contributed by atoms with Gasteiger partial charge in [0, 0.05) is 5.69 Å². The summed E-state index contributed by atoms with van der Waals surface area (Å²) < 4.78 is 5.42. The van der Waals surface area contributed by atoms with Gasteiger partial charge in [-0.15, -0.1) is 0 Å². The first-order valence-corrected chi connectivity index (χ1v) is 6.00. The Hall–Kier alpha value is -2.30. The van der Waals surface area contributed by atoms with Crippen LogP contribution in [0, 0.1) is 13.8 Å². The Morgan fingerprint density at radius 1 is 1.42 bits per heavy atom. The number of oxazole rings is 1. The van der Waals surface area contributed by atoms with Gasteiger partial charge in [0.05, 0.1) is 11.8 Å². The maximum absolute atomic E-state index is 11.2. The third-order valence-electron chi connectivity index (χ3n) is 2.79. The lowest BCUT2D eigenvalue weighted by atomic mass is 10.1. The Morgan fingerprint density at radius 3 is 2.74 bits per heavy atom. The molecule has 1 unspecified atom stereocenters. The fourth-order valence-electron chi connectivity index (χ4n) is 1.83. The Morgan fingerprint density at radius 2 is 2.16 bits per heavy atom. The molecule has 1 aromatic carbocycles. The van der Waals surface area contributed by atoms with Crippen LogP contribution in [0.4, 0.5) is 5.69 Å². The summed E-state index contributed by atoms with van der Waals surface area (Å²) in [6, 6.07) is 5.06. The normalized spacial score (nSPS) is 12.2. The van der Waals surface area contributed by atoms with Gasteiger partial charge in [0.2, 0.25) is 5.89 Å². The summed E-state index contributed by atoms with van der Waals surface area (Å²) in [7, 11) is 0. The maximum Gasteiger partial charge on any atom is 0.337 e. The smallest absolute Gasteiger partial charge is 0.337 e. The fourth-order valence-corrected chi connectivity index (χ4v) is 1.83. The summed E-state index contributed by atoms with van der Waals surface area (Å²) >= 11 is 0. The van der Waals surface area contributed by atoms with E-state index in [0.29, 0.717) is 11.6 Å². The van der Waals surface area contributed by atoms with E-state index in [2.05, 4.69) is 10.3 Å². The van der Waals surface area contributed by atoms with Crippen LogP contribution < -0.4 is 5.32 Å². The molecule has 1 atom stereocenters. The van der Waals surface area contributed by atoms with Gasteiger partial charge in [0.25, 0.3) is 0 Å². The number of aromatic carboxylic acids is 1. The van der Waals surface area contributed by atoms with Gasteiger partial charge in [0.1, 0.15) is 11.8 Å². The van der Waals surface area contributed by atoms with E-state index >= 15 is 0 Å². The molecule has 0 radical (unpaired) electrons. The highest BCUT2D eigenvalue weighted by molar-refractivity contribution is 5.94. The van der Waals surface area contributed by atoms with Crippen LogP contribution in [0.1, 0.15) is 40.5 Å².